The fourth-order valence-electron chi connectivity index (χ4n) is 4.29. The molecular weight excluding hydrogens is 244 g/mol. The number of rotatable bonds is 2. The maximum Gasteiger partial charge on any atom is 0.333 e. The van der Waals surface area contributed by atoms with Gasteiger partial charge in [-0.2, -0.15) is 0 Å². The molecule has 19 heavy (non-hydrogen) atoms. The van der Waals surface area contributed by atoms with Crippen LogP contribution in [0, 0.1) is 17.3 Å². The van der Waals surface area contributed by atoms with Crippen molar-refractivity contribution in [3.05, 3.63) is 12.2 Å². The summed E-state index contributed by atoms with van der Waals surface area (Å²) in [5, 5.41) is 0. The van der Waals surface area contributed by atoms with E-state index in [1.807, 2.05) is 6.92 Å². The Morgan fingerprint density at radius 2 is 2.16 bits per heavy atom. The Balaban J connectivity index is 1.79. The first-order valence-corrected chi connectivity index (χ1v) is 7.00. The lowest BCUT2D eigenvalue weighted by atomic mass is 9.70. The number of fused-ring (bicyclic) bond motifs is 3. The van der Waals surface area contributed by atoms with Crippen LogP contribution in [0.15, 0.2) is 12.2 Å². The number of esters is 2. The molecule has 1 saturated heterocycles. The van der Waals surface area contributed by atoms with Gasteiger partial charge in [-0.15, -0.1) is 0 Å². The zero-order valence-corrected chi connectivity index (χ0v) is 11.5. The van der Waals surface area contributed by atoms with E-state index in [2.05, 4.69) is 6.58 Å². The quantitative estimate of drug-likeness (QED) is 0.567. The SMILES string of the molecule is C=C(C)C(=O)OC1CC2CC1C1(C2)CC(C)OC1=O. The first-order valence-electron chi connectivity index (χ1n) is 7.00. The molecule has 4 nitrogen and oxygen atoms in total. The molecule has 5 atom stereocenters. The predicted molar refractivity (Wildman–Crippen MR) is 68.1 cm³/mol. The molecule has 3 aliphatic rings. The van der Waals surface area contributed by atoms with Gasteiger partial charge in [0.15, 0.2) is 0 Å². The summed E-state index contributed by atoms with van der Waals surface area (Å²) in [7, 11) is 0. The number of carbonyl (C=O) groups is 2. The van der Waals surface area contributed by atoms with Crippen molar-refractivity contribution < 1.29 is 19.1 Å². The molecule has 104 valence electrons. The van der Waals surface area contributed by atoms with Crippen molar-refractivity contribution in [2.75, 3.05) is 0 Å². The first kappa shape index (κ1) is 12.7. The highest BCUT2D eigenvalue weighted by Crippen LogP contribution is 2.61. The lowest BCUT2D eigenvalue weighted by Crippen LogP contribution is -2.41. The summed E-state index contributed by atoms with van der Waals surface area (Å²) in [6.07, 6.45) is 3.39. The van der Waals surface area contributed by atoms with Crippen LogP contribution < -0.4 is 0 Å². The van der Waals surface area contributed by atoms with Crippen LogP contribution in [0.2, 0.25) is 0 Å². The van der Waals surface area contributed by atoms with Gasteiger partial charge < -0.3 is 9.47 Å². The molecule has 2 saturated carbocycles. The van der Waals surface area contributed by atoms with Crippen molar-refractivity contribution >= 4 is 11.9 Å². The van der Waals surface area contributed by atoms with Gasteiger partial charge in [-0.1, -0.05) is 6.58 Å². The van der Waals surface area contributed by atoms with Crippen LogP contribution in [0.1, 0.15) is 39.5 Å². The summed E-state index contributed by atoms with van der Waals surface area (Å²) in [6.45, 7) is 7.20. The van der Waals surface area contributed by atoms with Gasteiger partial charge >= 0.3 is 11.9 Å². The van der Waals surface area contributed by atoms with E-state index >= 15 is 0 Å². The fourth-order valence-corrected chi connectivity index (χ4v) is 4.29. The van der Waals surface area contributed by atoms with Crippen molar-refractivity contribution in [1.29, 1.82) is 0 Å². The van der Waals surface area contributed by atoms with Gasteiger partial charge in [-0.05, 0) is 39.0 Å². The van der Waals surface area contributed by atoms with Gasteiger partial charge in [-0.25, -0.2) is 4.79 Å². The van der Waals surface area contributed by atoms with E-state index in [9.17, 15) is 9.59 Å². The summed E-state index contributed by atoms with van der Waals surface area (Å²) in [5.74, 6) is 0.208. The van der Waals surface area contributed by atoms with Crippen molar-refractivity contribution in [3.63, 3.8) is 0 Å². The van der Waals surface area contributed by atoms with Crippen LogP contribution in [-0.4, -0.2) is 24.1 Å². The van der Waals surface area contributed by atoms with Crippen LogP contribution in [0.4, 0.5) is 0 Å². The molecule has 1 heterocycles. The molecule has 0 aromatic heterocycles. The lowest BCUT2D eigenvalue weighted by molar-refractivity contribution is -0.160. The third-order valence-electron chi connectivity index (χ3n) is 4.94. The summed E-state index contributed by atoms with van der Waals surface area (Å²) in [5.41, 5.74) is 0.0294. The first-order chi connectivity index (χ1) is 8.92. The van der Waals surface area contributed by atoms with E-state index in [1.54, 1.807) is 6.92 Å². The lowest BCUT2D eigenvalue weighted by Gasteiger charge is -2.34. The molecule has 2 aliphatic carbocycles. The third-order valence-corrected chi connectivity index (χ3v) is 4.94. The minimum absolute atomic E-state index is 0.00987. The molecule has 2 bridgehead atoms. The van der Waals surface area contributed by atoms with Crippen molar-refractivity contribution in [2.45, 2.75) is 51.7 Å². The Hall–Kier alpha value is -1.32. The zero-order chi connectivity index (χ0) is 13.8. The van der Waals surface area contributed by atoms with Gasteiger partial charge in [0.25, 0.3) is 0 Å². The smallest absolute Gasteiger partial charge is 0.333 e. The summed E-state index contributed by atoms with van der Waals surface area (Å²) >= 11 is 0. The Labute approximate surface area is 113 Å². The van der Waals surface area contributed by atoms with Crippen molar-refractivity contribution in [1.82, 2.24) is 0 Å². The van der Waals surface area contributed by atoms with Crippen molar-refractivity contribution in [2.24, 2.45) is 17.3 Å². The standard InChI is InChI=1S/C15H20O4/c1-8(2)13(16)19-12-5-10-4-11(12)15(7-10)6-9(3)18-14(15)17/h9-12H,1,4-7H2,2-3H3. The normalized spacial score (nSPS) is 43.6. The Morgan fingerprint density at radius 1 is 1.42 bits per heavy atom. The molecule has 3 fully saturated rings. The van der Waals surface area contributed by atoms with Gasteiger partial charge in [0, 0.05) is 17.9 Å². The van der Waals surface area contributed by atoms with Crippen LogP contribution in [-0.2, 0) is 19.1 Å². The van der Waals surface area contributed by atoms with E-state index in [4.69, 9.17) is 9.47 Å². The largest absolute Gasteiger partial charge is 0.462 e. The molecule has 0 N–H and O–H groups in total. The maximum atomic E-state index is 12.2. The summed E-state index contributed by atoms with van der Waals surface area (Å²) in [4.78, 5) is 23.9. The molecule has 0 radical (unpaired) electrons. The van der Waals surface area contributed by atoms with E-state index in [0.717, 1.165) is 25.7 Å². The molecule has 4 heteroatoms. The zero-order valence-electron chi connectivity index (χ0n) is 11.5. The monoisotopic (exact) mass is 264 g/mol. The molecule has 0 aromatic rings. The van der Waals surface area contributed by atoms with Gasteiger partial charge in [0.2, 0.25) is 0 Å². The average Bonchev–Trinajstić information content (AvgIpc) is 2.93. The van der Waals surface area contributed by atoms with Crippen LogP contribution in [0.3, 0.4) is 0 Å². The molecule has 0 amide bonds. The average molecular weight is 264 g/mol. The minimum Gasteiger partial charge on any atom is -0.462 e. The number of cyclic esters (lactones) is 1. The number of hydrogen-bond donors (Lipinski definition) is 0. The topological polar surface area (TPSA) is 52.6 Å². The molecule has 3 rings (SSSR count). The van der Waals surface area contributed by atoms with Gasteiger partial charge in [0.05, 0.1) is 5.41 Å². The second kappa shape index (κ2) is 4.09. The van der Waals surface area contributed by atoms with Crippen LogP contribution in [0.25, 0.3) is 0 Å². The second-order valence-electron chi connectivity index (χ2n) is 6.45. The Bertz CT molecular complexity index is 451. The van der Waals surface area contributed by atoms with E-state index in [0.29, 0.717) is 11.5 Å². The predicted octanol–water partition coefficient (Wildman–Crippen LogP) is 2.23. The van der Waals surface area contributed by atoms with Gasteiger partial charge in [0.1, 0.15) is 12.2 Å². The molecular formula is C15H20O4. The minimum atomic E-state index is -0.387. The fraction of sp³-hybridized carbons (Fsp3) is 0.733. The Morgan fingerprint density at radius 3 is 2.68 bits per heavy atom. The van der Waals surface area contributed by atoms with E-state index in [1.165, 1.54) is 0 Å². The third kappa shape index (κ3) is 1.80. The van der Waals surface area contributed by atoms with Crippen molar-refractivity contribution in [3.8, 4) is 0 Å². The maximum absolute atomic E-state index is 12.2. The second-order valence-corrected chi connectivity index (χ2v) is 6.45. The molecule has 1 aliphatic heterocycles. The highest BCUT2D eigenvalue weighted by atomic mass is 16.6. The number of ether oxygens (including phenoxy) is 2. The summed E-state index contributed by atoms with van der Waals surface area (Å²) in [6, 6.07) is 0. The highest BCUT2D eigenvalue weighted by molar-refractivity contribution is 5.87. The summed E-state index contributed by atoms with van der Waals surface area (Å²) < 4.78 is 10.9. The Kier molecular flexibility index (Phi) is 2.73. The molecule has 0 aromatic carbocycles. The van der Waals surface area contributed by atoms with Crippen LogP contribution in [0.5, 0.6) is 0 Å². The van der Waals surface area contributed by atoms with Gasteiger partial charge in [-0.3, -0.25) is 4.79 Å². The molecule has 5 unspecified atom stereocenters. The van der Waals surface area contributed by atoms with E-state index < -0.39 is 0 Å². The number of hydrogen-bond acceptors (Lipinski definition) is 4. The molecule has 1 spiro atoms. The number of carbonyl (C=O) groups excluding carboxylic acids is 2. The van der Waals surface area contributed by atoms with E-state index in [-0.39, 0.29) is 35.5 Å². The van der Waals surface area contributed by atoms with Crippen LogP contribution >= 0.6 is 0 Å². The highest BCUT2D eigenvalue weighted by Gasteiger charge is 2.64.